The minimum atomic E-state index is 0.585. The lowest BCUT2D eigenvalue weighted by molar-refractivity contribution is 0.315. The van der Waals surface area contributed by atoms with Crippen LogP contribution in [0.1, 0.15) is 6.42 Å². The molecule has 0 aromatic carbocycles. The number of nitrogen functional groups attached to an aromatic ring is 1. The lowest BCUT2D eigenvalue weighted by atomic mass is 10.2. The summed E-state index contributed by atoms with van der Waals surface area (Å²) in [6.07, 6.45) is 3.07. The highest BCUT2D eigenvalue weighted by Crippen LogP contribution is 2.21. The van der Waals surface area contributed by atoms with Gasteiger partial charge in [0.1, 0.15) is 5.82 Å². The second-order valence-corrected chi connectivity index (χ2v) is 4.29. The van der Waals surface area contributed by atoms with Crippen molar-refractivity contribution in [3.63, 3.8) is 0 Å². The Morgan fingerprint density at radius 3 is 2.80 bits per heavy atom. The van der Waals surface area contributed by atoms with E-state index in [0.29, 0.717) is 11.9 Å². The van der Waals surface area contributed by atoms with E-state index >= 15 is 0 Å². The Bertz CT molecular complexity index is 320. The van der Waals surface area contributed by atoms with Gasteiger partial charge in [-0.15, -0.1) is 0 Å². The first-order valence-corrected chi connectivity index (χ1v) is 5.30. The van der Waals surface area contributed by atoms with Crippen molar-refractivity contribution in [1.82, 2.24) is 9.88 Å². The Kier molecular flexibility index (Phi) is 2.77. The molecule has 2 N–H and O–H groups in total. The lowest BCUT2D eigenvalue weighted by Crippen LogP contribution is -2.31. The van der Waals surface area contributed by atoms with Gasteiger partial charge in [0.2, 0.25) is 0 Å². The molecule has 2 rings (SSSR count). The molecule has 0 bridgehead atoms. The molecule has 0 aliphatic carbocycles. The van der Waals surface area contributed by atoms with E-state index in [1.807, 2.05) is 18.3 Å². The van der Waals surface area contributed by atoms with Gasteiger partial charge in [0, 0.05) is 19.1 Å². The second-order valence-electron chi connectivity index (χ2n) is 4.29. The molecule has 0 spiro atoms. The maximum absolute atomic E-state index is 5.56. The quantitative estimate of drug-likeness (QED) is 0.777. The van der Waals surface area contributed by atoms with E-state index in [-0.39, 0.29) is 0 Å². The standard InChI is InChI=1S/C11H18N4/c1-14(2)10-5-6-15(8-10)9-3-4-11(12)13-7-9/h3-4,7,10H,5-6,8H2,1-2H3,(H2,12,13)/t10-/m1/s1. The summed E-state index contributed by atoms with van der Waals surface area (Å²) in [5.41, 5.74) is 6.74. The van der Waals surface area contributed by atoms with Crippen molar-refractivity contribution >= 4 is 11.5 Å². The number of pyridine rings is 1. The molecular formula is C11H18N4. The summed E-state index contributed by atoms with van der Waals surface area (Å²) in [5, 5.41) is 0. The van der Waals surface area contributed by atoms with Crippen molar-refractivity contribution < 1.29 is 0 Å². The number of anilines is 2. The molecular weight excluding hydrogens is 188 g/mol. The van der Waals surface area contributed by atoms with Crippen LogP contribution in [0.5, 0.6) is 0 Å². The van der Waals surface area contributed by atoms with Gasteiger partial charge >= 0.3 is 0 Å². The van der Waals surface area contributed by atoms with Gasteiger partial charge in [-0.25, -0.2) is 4.98 Å². The zero-order chi connectivity index (χ0) is 10.8. The first kappa shape index (κ1) is 10.2. The molecule has 1 aliphatic heterocycles. The largest absolute Gasteiger partial charge is 0.384 e. The predicted octanol–water partition coefficient (Wildman–Crippen LogP) is 0.804. The van der Waals surface area contributed by atoms with Gasteiger partial charge in [0.05, 0.1) is 11.9 Å². The molecule has 15 heavy (non-hydrogen) atoms. The second kappa shape index (κ2) is 4.06. The normalized spacial score (nSPS) is 21.3. The summed E-state index contributed by atoms with van der Waals surface area (Å²) in [4.78, 5) is 8.76. The molecule has 1 aromatic heterocycles. The summed E-state index contributed by atoms with van der Waals surface area (Å²) >= 11 is 0. The first-order chi connectivity index (χ1) is 7.16. The molecule has 1 fully saturated rings. The summed E-state index contributed by atoms with van der Waals surface area (Å²) < 4.78 is 0. The molecule has 1 aromatic rings. The fourth-order valence-corrected chi connectivity index (χ4v) is 1.98. The predicted molar refractivity (Wildman–Crippen MR) is 63.0 cm³/mol. The van der Waals surface area contributed by atoms with Crippen LogP contribution in [0.15, 0.2) is 18.3 Å². The number of aromatic nitrogens is 1. The maximum atomic E-state index is 5.56. The zero-order valence-electron chi connectivity index (χ0n) is 9.35. The highest BCUT2D eigenvalue weighted by molar-refractivity contribution is 5.49. The van der Waals surface area contributed by atoms with Crippen LogP contribution in [-0.2, 0) is 0 Å². The maximum Gasteiger partial charge on any atom is 0.123 e. The summed E-state index contributed by atoms with van der Waals surface area (Å²) in [6.45, 7) is 2.19. The van der Waals surface area contributed by atoms with Crippen LogP contribution in [0.25, 0.3) is 0 Å². The van der Waals surface area contributed by atoms with Crippen molar-refractivity contribution in [3.05, 3.63) is 18.3 Å². The van der Waals surface area contributed by atoms with Crippen molar-refractivity contribution in [3.8, 4) is 0 Å². The van der Waals surface area contributed by atoms with Crippen molar-refractivity contribution in [2.75, 3.05) is 37.8 Å². The Balaban J connectivity index is 2.04. The molecule has 2 heterocycles. The molecule has 0 saturated carbocycles. The van der Waals surface area contributed by atoms with Crippen LogP contribution >= 0.6 is 0 Å². The average Bonchev–Trinajstić information content (AvgIpc) is 2.68. The van der Waals surface area contributed by atoms with Crippen LogP contribution < -0.4 is 10.6 Å². The summed E-state index contributed by atoms with van der Waals surface area (Å²) in [7, 11) is 4.27. The highest BCUT2D eigenvalue weighted by Gasteiger charge is 2.23. The van der Waals surface area contributed by atoms with Crippen LogP contribution in [0.3, 0.4) is 0 Å². The third-order valence-corrected chi connectivity index (χ3v) is 3.03. The van der Waals surface area contributed by atoms with E-state index in [1.54, 1.807) is 0 Å². The molecule has 4 heteroatoms. The SMILES string of the molecule is CN(C)[C@@H]1CCN(c2ccc(N)nc2)C1. The van der Waals surface area contributed by atoms with Gasteiger partial charge in [-0.2, -0.15) is 0 Å². The fraction of sp³-hybridized carbons (Fsp3) is 0.545. The monoisotopic (exact) mass is 206 g/mol. The summed E-state index contributed by atoms with van der Waals surface area (Å²) in [5.74, 6) is 0.585. The van der Waals surface area contributed by atoms with Crippen LogP contribution in [0, 0.1) is 0 Å². The highest BCUT2D eigenvalue weighted by atomic mass is 15.2. The molecule has 4 nitrogen and oxygen atoms in total. The molecule has 1 saturated heterocycles. The van der Waals surface area contributed by atoms with E-state index in [2.05, 4.69) is 28.9 Å². The number of likely N-dealkylation sites (N-methyl/N-ethyl adjacent to an activating group) is 1. The van der Waals surface area contributed by atoms with Crippen molar-refractivity contribution in [2.45, 2.75) is 12.5 Å². The number of hydrogen-bond acceptors (Lipinski definition) is 4. The molecule has 1 aliphatic rings. The summed E-state index contributed by atoms with van der Waals surface area (Å²) in [6, 6.07) is 4.56. The fourth-order valence-electron chi connectivity index (χ4n) is 1.98. The van der Waals surface area contributed by atoms with Gasteiger partial charge in [-0.05, 0) is 32.6 Å². The smallest absolute Gasteiger partial charge is 0.123 e. The van der Waals surface area contributed by atoms with Gasteiger partial charge in [-0.1, -0.05) is 0 Å². The van der Waals surface area contributed by atoms with Gasteiger partial charge in [0.15, 0.2) is 0 Å². The minimum absolute atomic E-state index is 0.585. The van der Waals surface area contributed by atoms with E-state index in [4.69, 9.17) is 5.73 Å². The van der Waals surface area contributed by atoms with E-state index in [1.165, 1.54) is 12.1 Å². The third kappa shape index (κ3) is 2.21. The molecule has 1 atom stereocenters. The zero-order valence-corrected chi connectivity index (χ0v) is 9.35. The van der Waals surface area contributed by atoms with Gasteiger partial charge in [0.25, 0.3) is 0 Å². The van der Waals surface area contributed by atoms with Gasteiger partial charge in [-0.3, -0.25) is 0 Å². The molecule has 82 valence electrons. The number of nitrogens with zero attached hydrogens (tertiary/aromatic N) is 3. The Morgan fingerprint density at radius 2 is 2.27 bits per heavy atom. The number of hydrogen-bond donors (Lipinski definition) is 1. The molecule has 0 amide bonds. The lowest BCUT2D eigenvalue weighted by Gasteiger charge is -2.21. The van der Waals surface area contributed by atoms with E-state index in [9.17, 15) is 0 Å². The Hall–Kier alpha value is -1.29. The average molecular weight is 206 g/mol. The van der Waals surface area contributed by atoms with Gasteiger partial charge < -0.3 is 15.5 Å². The van der Waals surface area contributed by atoms with Crippen LogP contribution in [-0.4, -0.2) is 43.1 Å². The minimum Gasteiger partial charge on any atom is -0.384 e. The van der Waals surface area contributed by atoms with Crippen LogP contribution in [0.4, 0.5) is 11.5 Å². The van der Waals surface area contributed by atoms with E-state index < -0.39 is 0 Å². The van der Waals surface area contributed by atoms with Crippen LogP contribution in [0.2, 0.25) is 0 Å². The first-order valence-electron chi connectivity index (χ1n) is 5.30. The number of nitrogens with two attached hydrogens (primary N) is 1. The molecule has 0 radical (unpaired) electrons. The Morgan fingerprint density at radius 1 is 1.47 bits per heavy atom. The molecule has 0 unspecified atom stereocenters. The number of rotatable bonds is 2. The van der Waals surface area contributed by atoms with Crippen molar-refractivity contribution in [2.24, 2.45) is 0 Å². The van der Waals surface area contributed by atoms with Crippen molar-refractivity contribution in [1.29, 1.82) is 0 Å². The van der Waals surface area contributed by atoms with E-state index in [0.717, 1.165) is 13.1 Å². The topological polar surface area (TPSA) is 45.4 Å². The Labute approximate surface area is 90.7 Å². The third-order valence-electron chi connectivity index (χ3n) is 3.03.